The van der Waals surface area contributed by atoms with Crippen LogP contribution in [0.2, 0.25) is 0 Å². The molecule has 0 unspecified atom stereocenters. The zero-order chi connectivity index (χ0) is 19.0. The second kappa shape index (κ2) is 7.02. The van der Waals surface area contributed by atoms with Crippen molar-refractivity contribution < 1.29 is 18.0 Å². The molecule has 1 atom stereocenters. The molecule has 1 aliphatic heterocycles. The molecule has 1 aromatic carbocycles. The smallest absolute Gasteiger partial charge is 0.338 e. The summed E-state index contributed by atoms with van der Waals surface area (Å²) < 4.78 is 41.0. The maximum Gasteiger partial charge on any atom is 0.416 e. The molecule has 2 heterocycles. The number of likely N-dealkylation sites (tertiary alicyclic amines) is 1. The van der Waals surface area contributed by atoms with Crippen molar-refractivity contribution in [1.82, 2.24) is 14.5 Å². The van der Waals surface area contributed by atoms with Gasteiger partial charge < -0.3 is 9.47 Å². The molecule has 0 spiro atoms. The van der Waals surface area contributed by atoms with E-state index in [9.17, 15) is 18.0 Å². The molecule has 2 aromatic rings. The number of amides is 1. The largest absolute Gasteiger partial charge is 0.416 e. The standard InChI is InChI=1S/C20H22F3N3O/c21-20(22,23)17-5-1-3-15(11-17)19(27)26-9-2-4-16(13-26)18-24-8-10-25(18)12-14-6-7-14/h1,3,5,8,10-11,14,16H,2,4,6-7,9,12-13H2/t16-/m0/s1. The number of halogens is 3. The van der Waals surface area contributed by atoms with Crippen LogP contribution in [0, 0.1) is 5.92 Å². The van der Waals surface area contributed by atoms with Crippen LogP contribution < -0.4 is 0 Å². The van der Waals surface area contributed by atoms with E-state index in [0.717, 1.165) is 43.3 Å². The van der Waals surface area contributed by atoms with Gasteiger partial charge in [-0.15, -0.1) is 0 Å². The SMILES string of the molecule is O=C(c1cccc(C(F)(F)F)c1)N1CCC[C@H](c2nccn2CC2CC2)C1. The molecule has 0 N–H and O–H groups in total. The minimum absolute atomic E-state index is 0.0896. The monoisotopic (exact) mass is 377 g/mol. The first-order chi connectivity index (χ1) is 12.9. The highest BCUT2D eigenvalue weighted by molar-refractivity contribution is 5.94. The summed E-state index contributed by atoms with van der Waals surface area (Å²) >= 11 is 0. The van der Waals surface area contributed by atoms with E-state index in [1.807, 2.05) is 6.20 Å². The molecule has 0 bridgehead atoms. The Morgan fingerprint density at radius 2 is 2.04 bits per heavy atom. The summed E-state index contributed by atoms with van der Waals surface area (Å²) in [5, 5.41) is 0. The molecule has 2 fully saturated rings. The third-order valence-corrected chi connectivity index (χ3v) is 5.41. The Labute approximate surface area is 156 Å². The lowest BCUT2D eigenvalue weighted by molar-refractivity contribution is -0.137. The van der Waals surface area contributed by atoms with Crippen LogP contribution in [-0.4, -0.2) is 33.4 Å². The number of carbonyl (C=O) groups is 1. The highest BCUT2D eigenvalue weighted by Crippen LogP contribution is 2.34. The number of piperidine rings is 1. The Morgan fingerprint density at radius 1 is 1.22 bits per heavy atom. The highest BCUT2D eigenvalue weighted by atomic mass is 19.4. The molecular weight excluding hydrogens is 355 g/mol. The van der Waals surface area contributed by atoms with E-state index in [-0.39, 0.29) is 17.4 Å². The van der Waals surface area contributed by atoms with E-state index in [1.165, 1.54) is 25.0 Å². The van der Waals surface area contributed by atoms with Gasteiger partial charge >= 0.3 is 6.18 Å². The summed E-state index contributed by atoms with van der Waals surface area (Å²) in [5.41, 5.74) is -0.700. The van der Waals surface area contributed by atoms with E-state index >= 15 is 0 Å². The molecule has 2 aliphatic rings. The molecule has 4 nitrogen and oxygen atoms in total. The minimum Gasteiger partial charge on any atom is -0.338 e. The average Bonchev–Trinajstić information content (AvgIpc) is 3.35. The van der Waals surface area contributed by atoms with E-state index in [4.69, 9.17) is 0 Å². The summed E-state index contributed by atoms with van der Waals surface area (Å²) in [6.07, 6.45) is 3.60. The van der Waals surface area contributed by atoms with Crippen LogP contribution in [0.4, 0.5) is 13.2 Å². The van der Waals surface area contributed by atoms with Crippen molar-refractivity contribution in [2.24, 2.45) is 5.92 Å². The Morgan fingerprint density at radius 3 is 2.78 bits per heavy atom. The van der Waals surface area contributed by atoms with Crippen molar-refractivity contribution >= 4 is 5.91 Å². The molecule has 1 aromatic heterocycles. The predicted molar refractivity (Wildman–Crippen MR) is 94.3 cm³/mol. The average molecular weight is 377 g/mol. The number of alkyl halides is 3. The van der Waals surface area contributed by atoms with Crippen molar-refractivity contribution in [1.29, 1.82) is 0 Å². The Bertz CT molecular complexity index is 826. The van der Waals surface area contributed by atoms with Crippen LogP contribution in [-0.2, 0) is 12.7 Å². The lowest BCUT2D eigenvalue weighted by atomic mass is 9.96. The lowest BCUT2D eigenvalue weighted by Gasteiger charge is -2.33. The van der Waals surface area contributed by atoms with Gasteiger partial charge in [0.15, 0.2) is 0 Å². The van der Waals surface area contributed by atoms with Crippen molar-refractivity contribution in [2.45, 2.75) is 44.3 Å². The Balaban J connectivity index is 1.50. The van der Waals surface area contributed by atoms with Crippen LogP contribution in [0.25, 0.3) is 0 Å². The van der Waals surface area contributed by atoms with Gasteiger partial charge in [-0.25, -0.2) is 4.98 Å². The van der Waals surface area contributed by atoms with E-state index in [0.29, 0.717) is 13.1 Å². The fraction of sp³-hybridized carbons (Fsp3) is 0.500. The second-order valence-corrected chi connectivity index (χ2v) is 7.55. The topological polar surface area (TPSA) is 38.1 Å². The number of hydrogen-bond acceptors (Lipinski definition) is 2. The van der Waals surface area contributed by atoms with Crippen LogP contribution in [0.3, 0.4) is 0 Å². The maximum atomic E-state index is 12.9. The maximum absolute atomic E-state index is 12.9. The number of nitrogens with zero attached hydrogens (tertiary/aromatic N) is 3. The van der Waals surface area contributed by atoms with Gasteiger partial charge in [0.2, 0.25) is 0 Å². The van der Waals surface area contributed by atoms with Crippen molar-refractivity contribution in [3.63, 3.8) is 0 Å². The number of rotatable bonds is 4. The molecule has 144 valence electrons. The summed E-state index contributed by atoms with van der Waals surface area (Å²) in [6, 6.07) is 4.68. The summed E-state index contributed by atoms with van der Waals surface area (Å²) in [4.78, 5) is 19.0. The minimum atomic E-state index is -4.45. The number of carbonyl (C=O) groups excluding carboxylic acids is 1. The van der Waals surface area contributed by atoms with Gasteiger partial charge in [0.1, 0.15) is 5.82 Å². The molecule has 0 radical (unpaired) electrons. The zero-order valence-electron chi connectivity index (χ0n) is 15.0. The summed E-state index contributed by atoms with van der Waals surface area (Å²) in [7, 11) is 0. The van der Waals surface area contributed by atoms with Gasteiger partial charge in [-0.1, -0.05) is 6.07 Å². The summed E-state index contributed by atoms with van der Waals surface area (Å²) in [5.74, 6) is 1.50. The third-order valence-electron chi connectivity index (χ3n) is 5.41. The van der Waals surface area contributed by atoms with Gasteiger partial charge in [-0.05, 0) is 49.8 Å². The van der Waals surface area contributed by atoms with E-state index in [1.54, 1.807) is 11.1 Å². The third kappa shape index (κ3) is 4.01. The summed E-state index contributed by atoms with van der Waals surface area (Å²) in [6.45, 7) is 2.03. The molecule has 1 saturated heterocycles. The first-order valence-electron chi connectivity index (χ1n) is 9.39. The van der Waals surface area contributed by atoms with Gasteiger partial charge in [0.05, 0.1) is 5.56 Å². The first kappa shape index (κ1) is 18.1. The van der Waals surface area contributed by atoms with E-state index in [2.05, 4.69) is 9.55 Å². The zero-order valence-corrected chi connectivity index (χ0v) is 15.0. The van der Waals surface area contributed by atoms with Crippen molar-refractivity contribution in [2.75, 3.05) is 13.1 Å². The fourth-order valence-corrected chi connectivity index (χ4v) is 3.80. The van der Waals surface area contributed by atoms with Gasteiger partial charge in [0, 0.05) is 43.5 Å². The van der Waals surface area contributed by atoms with Crippen molar-refractivity contribution in [3.05, 3.63) is 53.6 Å². The van der Waals surface area contributed by atoms with Crippen LogP contribution >= 0.6 is 0 Å². The molecule has 7 heteroatoms. The highest BCUT2D eigenvalue weighted by Gasteiger charge is 2.33. The molecule has 1 saturated carbocycles. The molecular formula is C20H22F3N3O. The van der Waals surface area contributed by atoms with Crippen LogP contribution in [0.15, 0.2) is 36.7 Å². The van der Waals surface area contributed by atoms with Crippen LogP contribution in [0.5, 0.6) is 0 Å². The van der Waals surface area contributed by atoms with Gasteiger partial charge in [-0.3, -0.25) is 4.79 Å². The predicted octanol–water partition coefficient (Wildman–Crippen LogP) is 4.33. The normalized spacial score (nSPS) is 20.7. The van der Waals surface area contributed by atoms with Crippen molar-refractivity contribution in [3.8, 4) is 0 Å². The van der Waals surface area contributed by atoms with Crippen LogP contribution in [0.1, 0.15) is 53.3 Å². The molecule has 27 heavy (non-hydrogen) atoms. The first-order valence-corrected chi connectivity index (χ1v) is 9.39. The molecule has 4 rings (SSSR count). The lowest BCUT2D eigenvalue weighted by Crippen LogP contribution is -2.39. The Hall–Kier alpha value is -2.31. The second-order valence-electron chi connectivity index (χ2n) is 7.55. The number of aromatic nitrogens is 2. The molecule has 1 aliphatic carbocycles. The quantitative estimate of drug-likeness (QED) is 0.795. The van der Waals surface area contributed by atoms with Gasteiger partial charge in [-0.2, -0.15) is 13.2 Å². The number of hydrogen-bond donors (Lipinski definition) is 0. The Kier molecular flexibility index (Phi) is 4.70. The van der Waals surface area contributed by atoms with Gasteiger partial charge in [0.25, 0.3) is 5.91 Å². The number of benzene rings is 1. The fourth-order valence-electron chi connectivity index (χ4n) is 3.80. The molecule has 1 amide bonds. The number of imidazole rings is 1. The van der Waals surface area contributed by atoms with E-state index < -0.39 is 11.7 Å².